The molecule has 0 bridgehead atoms. The highest BCUT2D eigenvalue weighted by atomic mass is 16.5. The third kappa shape index (κ3) is 4.94. The van der Waals surface area contributed by atoms with Crippen molar-refractivity contribution in [2.45, 2.75) is 26.1 Å². The van der Waals surface area contributed by atoms with Crippen LogP contribution in [0.4, 0.5) is 17.1 Å². The summed E-state index contributed by atoms with van der Waals surface area (Å²) in [5.74, 6) is 1.41. The van der Waals surface area contributed by atoms with Gasteiger partial charge in [-0.3, -0.25) is 0 Å². The molecule has 6 aromatic carbocycles. The van der Waals surface area contributed by atoms with Gasteiger partial charge in [-0.1, -0.05) is 48.5 Å². The van der Waals surface area contributed by atoms with Crippen molar-refractivity contribution in [3.8, 4) is 11.5 Å². The van der Waals surface area contributed by atoms with Crippen LogP contribution in [0.5, 0.6) is 11.5 Å². The molecule has 39 heavy (non-hydrogen) atoms. The molecule has 0 aromatic heterocycles. The second kappa shape index (κ2) is 10.4. The van der Waals surface area contributed by atoms with Gasteiger partial charge in [-0.25, -0.2) is 0 Å². The fraction of sp³-hybridized carbons (Fsp3) is 0.176. The Bertz CT molecular complexity index is 1640. The smallest absolute Gasteiger partial charge is 0.119 e. The molecule has 6 aromatic rings. The van der Waals surface area contributed by atoms with Crippen molar-refractivity contribution in [2.24, 2.45) is 0 Å². The second-order valence-corrected chi connectivity index (χ2v) is 10.1. The lowest BCUT2D eigenvalue weighted by Crippen LogP contribution is -2.14. The summed E-state index contributed by atoms with van der Waals surface area (Å²) in [5, 5.41) is 26.6. The number of aliphatic hydroxyl groups is 2. The van der Waals surface area contributed by atoms with Crippen LogP contribution in [-0.2, 0) is 0 Å². The summed E-state index contributed by atoms with van der Waals surface area (Å²) >= 11 is 0. The highest BCUT2D eigenvalue weighted by Crippen LogP contribution is 2.44. The Morgan fingerprint density at radius 2 is 1.03 bits per heavy atom. The van der Waals surface area contributed by atoms with E-state index in [4.69, 9.17) is 9.47 Å². The largest absolute Gasteiger partial charge is 0.491 e. The minimum Gasteiger partial charge on any atom is -0.491 e. The third-order valence-corrected chi connectivity index (χ3v) is 6.92. The van der Waals surface area contributed by atoms with Gasteiger partial charge in [-0.05, 0) is 95.4 Å². The van der Waals surface area contributed by atoms with Crippen LogP contribution >= 0.6 is 0 Å². The van der Waals surface area contributed by atoms with Crippen LogP contribution in [0.15, 0.2) is 103 Å². The van der Waals surface area contributed by atoms with Gasteiger partial charge < -0.3 is 24.6 Å². The highest BCUT2D eigenvalue weighted by molar-refractivity contribution is 6.25. The van der Waals surface area contributed by atoms with Crippen molar-refractivity contribution >= 4 is 49.4 Å². The van der Waals surface area contributed by atoms with Crippen molar-refractivity contribution in [3.63, 3.8) is 0 Å². The van der Waals surface area contributed by atoms with E-state index in [2.05, 4.69) is 59.5 Å². The van der Waals surface area contributed by atoms with Crippen LogP contribution in [0, 0.1) is 0 Å². The van der Waals surface area contributed by atoms with E-state index >= 15 is 0 Å². The zero-order valence-corrected chi connectivity index (χ0v) is 22.0. The predicted octanol–water partition coefficient (Wildman–Crippen LogP) is 7.57. The Hall–Kier alpha value is -4.32. The maximum absolute atomic E-state index is 9.61. The van der Waals surface area contributed by atoms with Gasteiger partial charge in [0.05, 0.1) is 17.9 Å². The molecule has 0 saturated carbocycles. The standard InChI is InChI=1S/C34H31NO4/c1-22(36)20-38-29-14-10-27(11-15-29)35(28-12-16-30(17-13-28)39-21-23(2)37)32-19-9-26-7-6-24-4-3-5-25-8-18-31(32)34(26)33(24)25/h3-19,22-23,36-37H,20-21H2,1-2H3. The van der Waals surface area contributed by atoms with Crippen molar-refractivity contribution in [2.75, 3.05) is 18.1 Å². The van der Waals surface area contributed by atoms with Gasteiger partial charge in [0.15, 0.2) is 0 Å². The monoisotopic (exact) mass is 517 g/mol. The Morgan fingerprint density at radius 3 is 1.54 bits per heavy atom. The molecule has 0 amide bonds. The first-order chi connectivity index (χ1) is 19.0. The summed E-state index contributed by atoms with van der Waals surface area (Å²) in [7, 11) is 0. The maximum Gasteiger partial charge on any atom is 0.119 e. The van der Waals surface area contributed by atoms with Crippen LogP contribution in [0.1, 0.15) is 13.8 Å². The molecule has 2 N–H and O–H groups in total. The van der Waals surface area contributed by atoms with Crippen LogP contribution in [0.2, 0.25) is 0 Å². The lowest BCUT2D eigenvalue weighted by atomic mass is 9.93. The summed E-state index contributed by atoms with van der Waals surface area (Å²) in [5.41, 5.74) is 3.02. The lowest BCUT2D eigenvalue weighted by molar-refractivity contribution is 0.122. The van der Waals surface area contributed by atoms with E-state index in [1.807, 2.05) is 48.5 Å². The van der Waals surface area contributed by atoms with Gasteiger partial charge in [0.1, 0.15) is 24.7 Å². The van der Waals surface area contributed by atoms with Gasteiger partial charge >= 0.3 is 0 Å². The number of ether oxygens (including phenoxy) is 2. The molecule has 0 saturated heterocycles. The second-order valence-electron chi connectivity index (χ2n) is 10.1. The number of aliphatic hydroxyl groups excluding tert-OH is 2. The number of anilines is 3. The van der Waals surface area contributed by atoms with Gasteiger partial charge in [0, 0.05) is 16.8 Å². The van der Waals surface area contributed by atoms with E-state index in [9.17, 15) is 10.2 Å². The van der Waals surface area contributed by atoms with E-state index in [1.165, 1.54) is 32.3 Å². The van der Waals surface area contributed by atoms with E-state index in [0.717, 1.165) is 17.1 Å². The van der Waals surface area contributed by atoms with E-state index < -0.39 is 12.2 Å². The zero-order chi connectivity index (χ0) is 26.9. The fourth-order valence-corrected chi connectivity index (χ4v) is 5.16. The first-order valence-electron chi connectivity index (χ1n) is 13.3. The topological polar surface area (TPSA) is 62.2 Å². The Kier molecular flexibility index (Phi) is 6.69. The van der Waals surface area contributed by atoms with Crippen LogP contribution in [-0.4, -0.2) is 35.6 Å². The molecule has 2 unspecified atom stereocenters. The number of hydrogen-bond donors (Lipinski definition) is 2. The Balaban J connectivity index is 1.49. The third-order valence-electron chi connectivity index (χ3n) is 6.92. The Morgan fingerprint density at radius 1 is 0.564 bits per heavy atom. The van der Waals surface area contributed by atoms with E-state index in [1.54, 1.807) is 13.8 Å². The molecular formula is C34H31NO4. The molecule has 0 aliphatic rings. The number of benzene rings is 6. The van der Waals surface area contributed by atoms with Gasteiger partial charge in [-0.2, -0.15) is 0 Å². The molecule has 0 heterocycles. The van der Waals surface area contributed by atoms with E-state index in [-0.39, 0.29) is 13.2 Å². The van der Waals surface area contributed by atoms with Gasteiger partial charge in [-0.15, -0.1) is 0 Å². The molecule has 0 aliphatic heterocycles. The minimum absolute atomic E-state index is 0.242. The zero-order valence-electron chi connectivity index (χ0n) is 22.0. The molecule has 5 nitrogen and oxygen atoms in total. The summed E-state index contributed by atoms with van der Waals surface area (Å²) in [6.07, 6.45) is -1.07. The van der Waals surface area contributed by atoms with Crippen LogP contribution in [0.25, 0.3) is 32.3 Å². The van der Waals surface area contributed by atoms with Gasteiger partial charge in [0.25, 0.3) is 0 Å². The highest BCUT2D eigenvalue weighted by Gasteiger charge is 2.18. The summed E-state index contributed by atoms with van der Waals surface area (Å²) in [6.45, 7) is 3.90. The molecule has 0 spiro atoms. The lowest BCUT2D eigenvalue weighted by Gasteiger charge is -2.28. The Labute approximate surface area is 227 Å². The first kappa shape index (κ1) is 25.0. The molecule has 0 aliphatic carbocycles. The maximum atomic E-state index is 9.61. The molecule has 5 heteroatoms. The summed E-state index contributed by atoms with van der Waals surface area (Å²) in [4.78, 5) is 2.24. The normalized spacial score (nSPS) is 13.1. The number of rotatable bonds is 9. The average Bonchev–Trinajstić information content (AvgIpc) is 2.95. The first-order valence-corrected chi connectivity index (χ1v) is 13.3. The minimum atomic E-state index is -0.534. The van der Waals surface area contributed by atoms with Crippen molar-refractivity contribution < 1.29 is 19.7 Å². The molecule has 2 atom stereocenters. The molecular weight excluding hydrogens is 486 g/mol. The molecule has 6 rings (SSSR count). The van der Waals surface area contributed by atoms with Crippen LogP contribution < -0.4 is 14.4 Å². The average molecular weight is 518 g/mol. The number of hydrogen-bond acceptors (Lipinski definition) is 5. The SMILES string of the molecule is CC(O)COc1ccc(N(c2ccc(OCC(C)O)cc2)c2ccc3ccc4cccc5ccc2c3c45)cc1. The predicted molar refractivity (Wildman–Crippen MR) is 159 cm³/mol. The van der Waals surface area contributed by atoms with Crippen LogP contribution in [0.3, 0.4) is 0 Å². The van der Waals surface area contributed by atoms with Gasteiger partial charge in [0.2, 0.25) is 0 Å². The molecule has 0 radical (unpaired) electrons. The summed E-state index contributed by atoms with van der Waals surface area (Å²) in [6, 6.07) is 35.5. The van der Waals surface area contributed by atoms with Crippen molar-refractivity contribution in [1.29, 1.82) is 0 Å². The number of nitrogens with zero attached hydrogens (tertiary/aromatic N) is 1. The summed E-state index contributed by atoms with van der Waals surface area (Å²) < 4.78 is 11.4. The van der Waals surface area contributed by atoms with Crippen molar-refractivity contribution in [1.82, 2.24) is 0 Å². The van der Waals surface area contributed by atoms with E-state index in [0.29, 0.717) is 11.5 Å². The quantitative estimate of drug-likeness (QED) is 0.194. The van der Waals surface area contributed by atoms with Crippen molar-refractivity contribution in [3.05, 3.63) is 103 Å². The fourth-order valence-electron chi connectivity index (χ4n) is 5.16. The molecule has 0 fully saturated rings. The molecule has 196 valence electrons.